The third kappa shape index (κ3) is 9.60. The lowest BCUT2D eigenvalue weighted by atomic mass is 9.80. The maximum Gasteiger partial charge on any atom is 0.135 e. The summed E-state index contributed by atoms with van der Waals surface area (Å²) in [5.74, 6) is 2.26. The highest BCUT2D eigenvalue weighted by atomic mass is 31.1. The molecule has 2 aromatic rings. The van der Waals surface area contributed by atoms with E-state index in [2.05, 4.69) is 79.0 Å². The van der Waals surface area contributed by atoms with Gasteiger partial charge in [-0.3, -0.25) is 0 Å². The van der Waals surface area contributed by atoms with Crippen LogP contribution >= 0.6 is 16.3 Å². The lowest BCUT2D eigenvalue weighted by Gasteiger charge is -2.40. The summed E-state index contributed by atoms with van der Waals surface area (Å²) in [5.41, 5.74) is 9.97. The van der Waals surface area contributed by atoms with E-state index in [4.69, 9.17) is 9.05 Å². The van der Waals surface area contributed by atoms with Crippen molar-refractivity contribution in [1.82, 2.24) is 0 Å². The van der Waals surface area contributed by atoms with E-state index in [1.54, 1.807) is 0 Å². The van der Waals surface area contributed by atoms with Gasteiger partial charge in [0.2, 0.25) is 0 Å². The van der Waals surface area contributed by atoms with Crippen LogP contribution in [0, 0.1) is 0 Å². The fourth-order valence-electron chi connectivity index (χ4n) is 9.70. The fourth-order valence-corrected chi connectivity index (χ4v) is 15.8. The molecular weight excluding hydrogens is 670 g/mol. The predicted octanol–water partition coefficient (Wildman–Crippen LogP) is 16.1. The van der Waals surface area contributed by atoms with Gasteiger partial charge < -0.3 is 9.05 Å². The average Bonchev–Trinajstić information content (AvgIpc) is 3.16. The molecule has 4 aliphatic rings. The number of rotatable bonds is 11. The van der Waals surface area contributed by atoms with Crippen LogP contribution in [0.3, 0.4) is 0 Å². The fraction of sp³-hybridized carbons (Fsp3) is 0.667. The predicted molar refractivity (Wildman–Crippen MR) is 232 cm³/mol. The molecule has 6 rings (SSSR count). The van der Waals surface area contributed by atoms with Gasteiger partial charge in [0.1, 0.15) is 11.5 Å². The molecule has 52 heavy (non-hydrogen) atoms. The van der Waals surface area contributed by atoms with Crippen molar-refractivity contribution in [1.29, 1.82) is 0 Å². The van der Waals surface area contributed by atoms with Crippen LogP contribution in [0.5, 0.6) is 11.5 Å². The van der Waals surface area contributed by atoms with E-state index in [0.29, 0.717) is 22.6 Å². The molecular formula is C48H72O2P2. The van der Waals surface area contributed by atoms with Crippen molar-refractivity contribution in [2.45, 2.75) is 203 Å². The second kappa shape index (κ2) is 17.9. The lowest BCUT2D eigenvalue weighted by Crippen LogP contribution is -2.25. The van der Waals surface area contributed by atoms with Crippen LogP contribution in [0.2, 0.25) is 0 Å². The summed E-state index contributed by atoms with van der Waals surface area (Å²) in [6.07, 6.45) is 31.1. The summed E-state index contributed by atoms with van der Waals surface area (Å²) in [6.45, 7) is 22.9. The zero-order valence-corrected chi connectivity index (χ0v) is 35.8. The van der Waals surface area contributed by atoms with Gasteiger partial charge in [0, 0.05) is 44.9 Å². The molecule has 0 spiro atoms. The molecule has 4 fully saturated rings. The highest BCUT2D eigenvalue weighted by molar-refractivity contribution is 7.54. The summed E-state index contributed by atoms with van der Waals surface area (Å²) in [5, 5.41) is 0. The number of benzene rings is 2. The maximum atomic E-state index is 7.88. The summed E-state index contributed by atoms with van der Waals surface area (Å²) in [6, 6.07) is 9.58. The van der Waals surface area contributed by atoms with Crippen molar-refractivity contribution in [3.8, 4) is 22.6 Å². The second-order valence-corrected chi connectivity index (χ2v) is 23.6. The zero-order chi connectivity index (χ0) is 36.9. The third-order valence-electron chi connectivity index (χ3n) is 12.7. The SMILES string of the molecule is C=Cc1cc(-c2cc(C=C)cc(C(C)(C)C)c2OP(C2CCCCC2)C2CCCCC2)c(OP(C2CCCCC2)C2CCCCC2)c(C(C)(C)C)c1. The third-order valence-corrected chi connectivity index (χ3v) is 18.5. The normalized spacial score (nSPS) is 20.7. The van der Waals surface area contributed by atoms with Crippen LogP contribution in [-0.2, 0) is 10.8 Å². The zero-order valence-electron chi connectivity index (χ0n) is 34.0. The summed E-state index contributed by atoms with van der Waals surface area (Å²) < 4.78 is 15.8. The first-order valence-corrected chi connectivity index (χ1v) is 24.3. The Balaban J connectivity index is 1.58. The van der Waals surface area contributed by atoms with Crippen LogP contribution < -0.4 is 9.05 Å². The van der Waals surface area contributed by atoms with Crippen LogP contribution in [-0.4, -0.2) is 22.6 Å². The van der Waals surface area contributed by atoms with E-state index in [1.807, 2.05) is 12.2 Å². The largest absolute Gasteiger partial charge is 0.473 e. The van der Waals surface area contributed by atoms with Gasteiger partial charge >= 0.3 is 0 Å². The molecule has 0 aliphatic heterocycles. The Morgan fingerprint density at radius 2 is 0.731 bits per heavy atom. The first-order chi connectivity index (χ1) is 25.0. The highest BCUT2D eigenvalue weighted by Gasteiger charge is 2.39. The molecule has 2 nitrogen and oxygen atoms in total. The smallest absolute Gasteiger partial charge is 0.135 e. The van der Waals surface area contributed by atoms with Crippen molar-refractivity contribution in [3.63, 3.8) is 0 Å². The Morgan fingerprint density at radius 3 is 0.962 bits per heavy atom. The highest BCUT2D eigenvalue weighted by Crippen LogP contribution is 2.62. The Morgan fingerprint density at radius 1 is 0.462 bits per heavy atom. The minimum atomic E-state index is -0.628. The molecule has 0 amide bonds. The molecule has 2 aromatic carbocycles. The van der Waals surface area contributed by atoms with Crippen molar-refractivity contribution in [3.05, 3.63) is 59.7 Å². The Bertz CT molecular complexity index is 1340. The van der Waals surface area contributed by atoms with Crippen molar-refractivity contribution >= 4 is 28.4 Å². The van der Waals surface area contributed by atoms with Crippen molar-refractivity contribution in [2.24, 2.45) is 0 Å². The summed E-state index contributed by atoms with van der Waals surface area (Å²) >= 11 is 0. The molecule has 0 radical (unpaired) electrons. The van der Waals surface area contributed by atoms with Gasteiger partial charge in [-0.05, 0) is 97.6 Å². The monoisotopic (exact) mass is 743 g/mol. The summed E-state index contributed by atoms with van der Waals surface area (Å²) in [4.78, 5) is 0. The minimum Gasteiger partial charge on any atom is -0.473 e. The second-order valence-electron chi connectivity index (χ2n) is 18.9. The van der Waals surface area contributed by atoms with Crippen LogP contribution in [0.25, 0.3) is 23.3 Å². The van der Waals surface area contributed by atoms with Gasteiger partial charge in [0.15, 0.2) is 0 Å². The van der Waals surface area contributed by atoms with Gasteiger partial charge in [-0.1, -0.05) is 144 Å². The van der Waals surface area contributed by atoms with Gasteiger partial charge in [-0.25, -0.2) is 0 Å². The molecule has 4 saturated carbocycles. The summed E-state index contributed by atoms with van der Waals surface area (Å²) in [7, 11) is -1.26. The lowest BCUT2D eigenvalue weighted by molar-refractivity contribution is 0.442. The first kappa shape index (κ1) is 40.1. The molecule has 0 N–H and O–H groups in total. The number of hydrogen-bond donors (Lipinski definition) is 0. The Kier molecular flexibility index (Phi) is 13.8. The topological polar surface area (TPSA) is 18.5 Å². The van der Waals surface area contributed by atoms with E-state index in [1.165, 1.54) is 162 Å². The molecule has 0 saturated heterocycles. The van der Waals surface area contributed by atoms with E-state index >= 15 is 0 Å². The number of hydrogen-bond acceptors (Lipinski definition) is 2. The average molecular weight is 743 g/mol. The van der Waals surface area contributed by atoms with E-state index in [0.717, 1.165) is 11.5 Å². The van der Waals surface area contributed by atoms with Crippen LogP contribution in [0.1, 0.15) is 192 Å². The molecule has 4 aliphatic carbocycles. The van der Waals surface area contributed by atoms with Crippen LogP contribution in [0.15, 0.2) is 37.4 Å². The van der Waals surface area contributed by atoms with Gasteiger partial charge in [-0.2, -0.15) is 0 Å². The van der Waals surface area contributed by atoms with Crippen LogP contribution in [0.4, 0.5) is 0 Å². The molecule has 0 aromatic heterocycles. The van der Waals surface area contributed by atoms with E-state index in [9.17, 15) is 0 Å². The Hall–Kier alpha value is -1.62. The van der Waals surface area contributed by atoms with E-state index in [-0.39, 0.29) is 10.8 Å². The van der Waals surface area contributed by atoms with Gasteiger partial charge in [0.05, 0.1) is 16.3 Å². The van der Waals surface area contributed by atoms with Crippen molar-refractivity contribution in [2.75, 3.05) is 0 Å². The Labute approximate surface area is 322 Å². The molecule has 0 heterocycles. The standard InChI is InChI=1S/C48H72O2P2/c1-9-35-31-41(45(43(33-35)47(3,4)5)49-51(37-23-15-11-16-24-37)38-25-17-12-18-26-38)42-32-36(10-2)34-44(48(6,7)8)46(42)50-52(39-27-19-13-20-28-39)40-29-21-14-22-30-40/h9-10,31-34,37-40H,1-2,11-30H2,3-8H3. The van der Waals surface area contributed by atoms with E-state index < -0.39 is 16.3 Å². The molecule has 0 unspecified atom stereocenters. The molecule has 4 heteroatoms. The van der Waals surface area contributed by atoms with Gasteiger partial charge in [0.25, 0.3) is 0 Å². The molecule has 286 valence electrons. The van der Waals surface area contributed by atoms with Crippen molar-refractivity contribution < 1.29 is 9.05 Å². The quantitative estimate of drug-likeness (QED) is 0.213. The van der Waals surface area contributed by atoms with Gasteiger partial charge in [-0.15, -0.1) is 0 Å². The molecule has 0 atom stereocenters. The maximum absolute atomic E-state index is 7.88. The minimum absolute atomic E-state index is 0.0933. The first-order valence-electron chi connectivity index (χ1n) is 21.5. The molecule has 0 bridgehead atoms.